The van der Waals surface area contributed by atoms with Crippen LogP contribution < -0.4 is 9.47 Å². The minimum atomic E-state index is -0.913. The van der Waals surface area contributed by atoms with E-state index in [9.17, 15) is 15.0 Å². The normalized spacial score (nSPS) is 15.0. The molecule has 1 aliphatic rings. The van der Waals surface area contributed by atoms with Gasteiger partial charge in [0.05, 0.1) is 12.5 Å². The molecule has 1 aliphatic carbocycles. The largest absolute Gasteiger partial charge is 0.491 e. The van der Waals surface area contributed by atoms with Crippen molar-refractivity contribution in [1.82, 2.24) is 0 Å². The maximum Gasteiger partial charge on any atom is 0.307 e. The van der Waals surface area contributed by atoms with Gasteiger partial charge in [-0.3, -0.25) is 4.79 Å². The van der Waals surface area contributed by atoms with Crippen molar-refractivity contribution in [2.75, 3.05) is 13.2 Å². The Labute approximate surface area is 247 Å². The average Bonchev–Trinajstić information content (AvgIpc) is 3.29. The molecule has 0 spiro atoms. The Morgan fingerprint density at radius 1 is 0.833 bits per heavy atom. The molecule has 6 nitrogen and oxygen atoms in total. The second kappa shape index (κ2) is 12.4. The van der Waals surface area contributed by atoms with Crippen LogP contribution in [0.4, 0.5) is 0 Å². The van der Waals surface area contributed by atoms with Crippen LogP contribution >= 0.6 is 0 Å². The standard InChI is InChI=1S/C36H38O6/c1-5-28(36(39)40)35-31-11-7-6-10-30(31)33-17-26(13-14-32(33)35)41-19-24-9-8-12-29(23(24)4)34-21(2)15-27(16-22(34)3)42-20-25(38)18-37/h6-17,25,28,35,37-38H,5,18-20H2,1-4H3,(H,39,40)/t25-,28?,35?/m0/s1. The van der Waals surface area contributed by atoms with Crippen molar-refractivity contribution in [3.8, 4) is 33.8 Å². The summed E-state index contributed by atoms with van der Waals surface area (Å²) in [4.78, 5) is 12.1. The Morgan fingerprint density at radius 2 is 1.52 bits per heavy atom. The minimum Gasteiger partial charge on any atom is -0.491 e. The lowest BCUT2D eigenvalue weighted by molar-refractivity contribution is -0.142. The van der Waals surface area contributed by atoms with E-state index in [1.807, 2.05) is 75.4 Å². The number of carboxylic acid groups (broad SMARTS) is 1. The van der Waals surface area contributed by atoms with Gasteiger partial charge < -0.3 is 24.8 Å². The number of carboxylic acids is 1. The highest BCUT2D eigenvalue weighted by Crippen LogP contribution is 2.50. The van der Waals surface area contributed by atoms with E-state index in [4.69, 9.17) is 14.6 Å². The van der Waals surface area contributed by atoms with Crippen LogP contribution in [0.3, 0.4) is 0 Å². The summed E-state index contributed by atoms with van der Waals surface area (Å²) in [6.07, 6.45) is -0.354. The minimum absolute atomic E-state index is 0.0360. The van der Waals surface area contributed by atoms with Gasteiger partial charge in [-0.05, 0) is 107 Å². The first kappa shape index (κ1) is 29.4. The Hall–Kier alpha value is -4.13. The molecule has 2 unspecified atom stereocenters. The molecule has 4 aromatic rings. The smallest absolute Gasteiger partial charge is 0.307 e. The van der Waals surface area contributed by atoms with Gasteiger partial charge in [0.25, 0.3) is 0 Å². The number of carbonyl (C=O) groups is 1. The predicted molar refractivity (Wildman–Crippen MR) is 164 cm³/mol. The third-order valence-electron chi connectivity index (χ3n) is 8.37. The van der Waals surface area contributed by atoms with Gasteiger partial charge in [-0.15, -0.1) is 0 Å². The van der Waals surface area contributed by atoms with Crippen LogP contribution in [0.2, 0.25) is 0 Å². The molecule has 4 aromatic carbocycles. The van der Waals surface area contributed by atoms with Crippen molar-refractivity contribution in [3.05, 3.63) is 106 Å². The summed E-state index contributed by atoms with van der Waals surface area (Å²) in [6.45, 7) is 8.22. The Balaban J connectivity index is 1.39. The molecule has 218 valence electrons. The fraction of sp³-hybridized carbons (Fsp3) is 0.306. The molecule has 0 saturated heterocycles. The third-order valence-corrected chi connectivity index (χ3v) is 8.37. The second-order valence-corrected chi connectivity index (χ2v) is 11.1. The molecule has 0 heterocycles. The van der Waals surface area contributed by atoms with E-state index in [2.05, 4.69) is 25.1 Å². The maximum atomic E-state index is 12.1. The first-order chi connectivity index (χ1) is 20.2. The molecule has 3 N–H and O–H groups in total. The summed E-state index contributed by atoms with van der Waals surface area (Å²) in [6, 6.07) is 24.3. The van der Waals surface area contributed by atoms with Crippen LogP contribution in [0, 0.1) is 26.7 Å². The van der Waals surface area contributed by atoms with E-state index in [1.54, 1.807) is 0 Å². The first-order valence-corrected chi connectivity index (χ1v) is 14.4. The zero-order valence-corrected chi connectivity index (χ0v) is 24.6. The molecule has 0 amide bonds. The van der Waals surface area contributed by atoms with Crippen molar-refractivity contribution >= 4 is 5.97 Å². The van der Waals surface area contributed by atoms with Crippen LogP contribution in [0.1, 0.15) is 52.6 Å². The number of hydrogen-bond donors (Lipinski definition) is 3. The van der Waals surface area contributed by atoms with Gasteiger partial charge in [-0.1, -0.05) is 55.5 Å². The van der Waals surface area contributed by atoms with Crippen molar-refractivity contribution in [3.63, 3.8) is 0 Å². The van der Waals surface area contributed by atoms with Crippen LogP contribution in [0.5, 0.6) is 11.5 Å². The van der Waals surface area contributed by atoms with Crippen LogP contribution in [-0.4, -0.2) is 40.6 Å². The molecule has 0 radical (unpaired) electrons. The summed E-state index contributed by atoms with van der Waals surface area (Å²) >= 11 is 0. The van der Waals surface area contributed by atoms with E-state index < -0.39 is 18.0 Å². The number of ether oxygens (including phenoxy) is 2. The average molecular weight is 567 g/mol. The van der Waals surface area contributed by atoms with Crippen molar-refractivity contribution < 1.29 is 29.6 Å². The molecular weight excluding hydrogens is 528 g/mol. The van der Waals surface area contributed by atoms with Crippen LogP contribution in [0.15, 0.2) is 72.8 Å². The number of aliphatic hydroxyl groups is 2. The zero-order chi connectivity index (χ0) is 30.0. The second-order valence-electron chi connectivity index (χ2n) is 11.1. The van der Waals surface area contributed by atoms with Gasteiger partial charge >= 0.3 is 5.97 Å². The van der Waals surface area contributed by atoms with Gasteiger partial charge in [-0.2, -0.15) is 0 Å². The molecular formula is C36H38O6. The monoisotopic (exact) mass is 566 g/mol. The quantitative estimate of drug-likeness (QED) is 0.185. The number of rotatable bonds is 11. The molecule has 0 bridgehead atoms. The summed E-state index contributed by atoms with van der Waals surface area (Å²) in [5.41, 5.74) is 10.8. The first-order valence-electron chi connectivity index (χ1n) is 14.4. The third kappa shape index (κ3) is 5.65. The van der Waals surface area contributed by atoms with Crippen LogP contribution in [-0.2, 0) is 11.4 Å². The molecule has 0 aromatic heterocycles. The highest BCUT2D eigenvalue weighted by Gasteiger charge is 2.37. The number of benzene rings is 4. The SMILES string of the molecule is CCC(C(=O)O)C1c2ccccc2-c2cc(OCc3cccc(-c4c(C)cc(OC[C@@H](O)CO)cc4C)c3C)ccc21. The fourth-order valence-corrected chi connectivity index (χ4v) is 6.25. The summed E-state index contributed by atoms with van der Waals surface area (Å²) in [5.74, 6) is -0.0170. The Bertz CT molecular complexity index is 1580. The van der Waals surface area contributed by atoms with Gasteiger partial charge in [-0.25, -0.2) is 0 Å². The maximum absolute atomic E-state index is 12.1. The zero-order valence-electron chi connectivity index (χ0n) is 24.6. The summed E-state index contributed by atoms with van der Waals surface area (Å²) in [7, 11) is 0. The number of fused-ring (bicyclic) bond motifs is 3. The predicted octanol–water partition coefficient (Wildman–Crippen LogP) is 6.81. The summed E-state index contributed by atoms with van der Waals surface area (Å²) < 4.78 is 12.0. The van der Waals surface area contributed by atoms with E-state index in [0.29, 0.717) is 18.8 Å². The number of aryl methyl sites for hydroxylation is 2. The molecule has 42 heavy (non-hydrogen) atoms. The van der Waals surface area contributed by atoms with Gasteiger partial charge in [0.2, 0.25) is 0 Å². The molecule has 0 aliphatic heterocycles. The van der Waals surface area contributed by atoms with Gasteiger partial charge in [0.1, 0.15) is 30.8 Å². The topological polar surface area (TPSA) is 96.2 Å². The van der Waals surface area contributed by atoms with Crippen molar-refractivity contribution in [2.24, 2.45) is 5.92 Å². The van der Waals surface area contributed by atoms with Gasteiger partial charge in [0, 0.05) is 5.92 Å². The number of aliphatic hydroxyl groups excluding tert-OH is 2. The molecule has 3 atom stereocenters. The van der Waals surface area contributed by atoms with E-state index in [1.165, 1.54) is 0 Å². The van der Waals surface area contributed by atoms with E-state index >= 15 is 0 Å². The lowest BCUT2D eigenvalue weighted by Gasteiger charge is -2.21. The molecule has 6 heteroatoms. The van der Waals surface area contributed by atoms with Crippen LogP contribution in [0.25, 0.3) is 22.3 Å². The molecule has 0 fully saturated rings. The summed E-state index contributed by atoms with van der Waals surface area (Å²) in [5, 5.41) is 28.6. The Morgan fingerprint density at radius 3 is 2.21 bits per heavy atom. The molecule has 5 rings (SSSR count). The van der Waals surface area contributed by atoms with Crippen molar-refractivity contribution in [2.45, 2.75) is 52.7 Å². The van der Waals surface area contributed by atoms with E-state index in [-0.39, 0.29) is 19.1 Å². The fourth-order valence-electron chi connectivity index (χ4n) is 6.25. The lowest BCUT2D eigenvalue weighted by Crippen LogP contribution is -2.21. The van der Waals surface area contributed by atoms with Crippen molar-refractivity contribution in [1.29, 1.82) is 0 Å². The molecule has 0 saturated carbocycles. The lowest BCUT2D eigenvalue weighted by atomic mass is 9.82. The number of aliphatic carboxylic acids is 1. The highest BCUT2D eigenvalue weighted by atomic mass is 16.5. The van der Waals surface area contributed by atoms with Gasteiger partial charge in [0.15, 0.2) is 0 Å². The highest BCUT2D eigenvalue weighted by molar-refractivity contribution is 5.83. The Kier molecular flexibility index (Phi) is 8.66. The van der Waals surface area contributed by atoms with E-state index in [0.717, 1.165) is 61.4 Å². The number of hydrogen-bond acceptors (Lipinski definition) is 5.